The molecule has 0 saturated heterocycles. The number of sulfonamides is 1. The first-order chi connectivity index (χ1) is 12.2. The van der Waals surface area contributed by atoms with E-state index in [1.54, 1.807) is 13.0 Å². The lowest BCUT2D eigenvalue weighted by Crippen LogP contribution is -2.29. The van der Waals surface area contributed by atoms with Gasteiger partial charge >= 0.3 is 0 Å². The van der Waals surface area contributed by atoms with Crippen LogP contribution in [0, 0.1) is 6.92 Å². The van der Waals surface area contributed by atoms with Crippen LogP contribution in [0.3, 0.4) is 0 Å². The van der Waals surface area contributed by atoms with Gasteiger partial charge in [0.1, 0.15) is 23.2 Å². The third-order valence-electron chi connectivity index (χ3n) is 3.44. The fraction of sp³-hybridized carbons (Fsp3) is 0.375. The van der Waals surface area contributed by atoms with Gasteiger partial charge in [-0.15, -0.1) is 0 Å². The summed E-state index contributed by atoms with van der Waals surface area (Å²) in [4.78, 5) is 10.5. The number of aryl methyl sites for hydroxylation is 1. The number of nitrogens with one attached hydrogen (secondary N) is 2. The maximum absolute atomic E-state index is 12.3. The molecule has 1 aromatic carbocycles. The van der Waals surface area contributed by atoms with Gasteiger partial charge in [0.25, 0.3) is 0 Å². The van der Waals surface area contributed by atoms with Crippen molar-refractivity contribution in [3.63, 3.8) is 0 Å². The molecule has 26 heavy (non-hydrogen) atoms. The maximum atomic E-state index is 12.3. The first-order valence-corrected chi connectivity index (χ1v) is 9.69. The van der Waals surface area contributed by atoms with Crippen LogP contribution in [-0.4, -0.2) is 52.7 Å². The van der Waals surface area contributed by atoms with Crippen LogP contribution in [0.15, 0.2) is 29.2 Å². The molecule has 0 fully saturated rings. The van der Waals surface area contributed by atoms with Crippen molar-refractivity contribution in [2.24, 2.45) is 0 Å². The summed E-state index contributed by atoms with van der Waals surface area (Å²) in [6, 6.07) is 6.11. The fourth-order valence-corrected chi connectivity index (χ4v) is 3.53. The Kier molecular flexibility index (Phi) is 6.63. The number of benzene rings is 1. The number of methoxy groups -OCH3 is 1. The molecule has 142 valence electrons. The van der Waals surface area contributed by atoms with E-state index in [0.29, 0.717) is 23.9 Å². The molecule has 2 aromatic rings. The predicted molar refractivity (Wildman–Crippen MR) is 103 cm³/mol. The molecule has 2 rings (SSSR count). The van der Waals surface area contributed by atoms with E-state index < -0.39 is 10.0 Å². The van der Waals surface area contributed by atoms with Crippen LogP contribution in [0.1, 0.15) is 5.82 Å². The van der Waals surface area contributed by atoms with E-state index in [-0.39, 0.29) is 16.5 Å². The molecule has 0 saturated carbocycles. The minimum Gasteiger partial charge on any atom is -0.495 e. The molecule has 0 aliphatic carbocycles. The summed E-state index contributed by atoms with van der Waals surface area (Å²) in [5, 5.41) is 3.32. The zero-order chi connectivity index (χ0) is 19.3. The Labute approximate surface area is 158 Å². The third-order valence-corrected chi connectivity index (χ3v) is 5.19. The van der Waals surface area contributed by atoms with Crippen molar-refractivity contribution < 1.29 is 13.2 Å². The number of nitrogens with zero attached hydrogens (tertiary/aromatic N) is 3. The van der Waals surface area contributed by atoms with Crippen molar-refractivity contribution in [1.29, 1.82) is 0 Å². The molecule has 0 amide bonds. The molecule has 1 heterocycles. The minimum atomic E-state index is -3.66. The number of hydrogen-bond acceptors (Lipinski definition) is 7. The highest BCUT2D eigenvalue weighted by Crippen LogP contribution is 2.26. The van der Waals surface area contributed by atoms with E-state index in [4.69, 9.17) is 16.3 Å². The second-order valence-corrected chi connectivity index (χ2v) is 7.85. The molecule has 0 atom stereocenters. The Morgan fingerprint density at radius 3 is 2.54 bits per heavy atom. The SMILES string of the molecule is COc1ccc(S(=O)(=O)NCCNc2cc(N(C)C)nc(C)n2)cc1Cl. The van der Waals surface area contributed by atoms with Gasteiger partial charge in [0, 0.05) is 33.3 Å². The zero-order valence-electron chi connectivity index (χ0n) is 15.1. The second-order valence-electron chi connectivity index (χ2n) is 5.67. The second kappa shape index (κ2) is 8.52. The Balaban J connectivity index is 1.96. The van der Waals surface area contributed by atoms with Crippen molar-refractivity contribution >= 4 is 33.3 Å². The fourth-order valence-electron chi connectivity index (χ4n) is 2.15. The average Bonchev–Trinajstić information content (AvgIpc) is 2.58. The number of hydrogen-bond donors (Lipinski definition) is 2. The lowest BCUT2D eigenvalue weighted by Gasteiger charge is -2.14. The summed E-state index contributed by atoms with van der Waals surface area (Å²) in [6.45, 7) is 2.35. The van der Waals surface area contributed by atoms with Crippen molar-refractivity contribution in [2.45, 2.75) is 11.8 Å². The lowest BCUT2D eigenvalue weighted by atomic mass is 10.3. The quantitative estimate of drug-likeness (QED) is 0.654. The molecule has 0 spiro atoms. The topological polar surface area (TPSA) is 96.5 Å². The summed E-state index contributed by atoms with van der Waals surface area (Å²) in [5.41, 5.74) is 0. The Morgan fingerprint density at radius 1 is 1.19 bits per heavy atom. The highest BCUT2D eigenvalue weighted by molar-refractivity contribution is 7.89. The van der Waals surface area contributed by atoms with Crippen LogP contribution in [0.25, 0.3) is 0 Å². The maximum Gasteiger partial charge on any atom is 0.240 e. The third kappa shape index (κ3) is 5.20. The Bertz CT molecular complexity index is 874. The summed E-state index contributed by atoms with van der Waals surface area (Å²) in [5.74, 6) is 2.46. The molecular formula is C16H22ClN5O3S. The van der Waals surface area contributed by atoms with E-state index in [1.165, 1.54) is 25.3 Å². The van der Waals surface area contributed by atoms with Crippen LogP contribution in [-0.2, 0) is 10.0 Å². The van der Waals surface area contributed by atoms with Gasteiger partial charge in [-0.2, -0.15) is 0 Å². The molecule has 0 aliphatic heterocycles. The van der Waals surface area contributed by atoms with E-state index >= 15 is 0 Å². The standard InChI is InChI=1S/C16H22ClN5O3S/c1-11-20-15(10-16(21-11)22(2)3)18-7-8-19-26(23,24)12-5-6-14(25-4)13(17)9-12/h5-6,9-10,19H,7-8H2,1-4H3,(H,18,20,21). The summed E-state index contributed by atoms with van der Waals surface area (Å²) in [7, 11) is 1.58. The molecule has 0 bridgehead atoms. The highest BCUT2D eigenvalue weighted by Gasteiger charge is 2.15. The van der Waals surface area contributed by atoms with Gasteiger partial charge < -0.3 is 15.0 Å². The summed E-state index contributed by atoms with van der Waals surface area (Å²) >= 11 is 5.98. The first kappa shape index (κ1) is 20.2. The molecule has 2 N–H and O–H groups in total. The number of aromatic nitrogens is 2. The lowest BCUT2D eigenvalue weighted by molar-refractivity contribution is 0.414. The van der Waals surface area contributed by atoms with Gasteiger partial charge in [-0.3, -0.25) is 0 Å². The Hall–Kier alpha value is -2.10. The molecule has 10 heteroatoms. The largest absolute Gasteiger partial charge is 0.495 e. The van der Waals surface area contributed by atoms with E-state index in [9.17, 15) is 8.42 Å². The smallest absolute Gasteiger partial charge is 0.240 e. The van der Waals surface area contributed by atoms with Gasteiger partial charge in [0.2, 0.25) is 10.0 Å². The van der Waals surface area contributed by atoms with Crippen molar-refractivity contribution in [2.75, 3.05) is 44.5 Å². The molecule has 1 aromatic heterocycles. The first-order valence-electron chi connectivity index (χ1n) is 7.83. The molecular weight excluding hydrogens is 378 g/mol. The van der Waals surface area contributed by atoms with Crippen LogP contribution < -0.4 is 19.7 Å². The predicted octanol–water partition coefficient (Wildman–Crippen LogP) is 1.90. The number of anilines is 2. The van der Waals surface area contributed by atoms with E-state index in [0.717, 1.165) is 5.82 Å². The van der Waals surface area contributed by atoms with Crippen molar-refractivity contribution in [3.05, 3.63) is 35.1 Å². The van der Waals surface area contributed by atoms with Crippen LogP contribution in [0.2, 0.25) is 5.02 Å². The van der Waals surface area contributed by atoms with E-state index in [2.05, 4.69) is 20.0 Å². The van der Waals surface area contributed by atoms with Crippen LogP contribution in [0.5, 0.6) is 5.75 Å². The Morgan fingerprint density at radius 2 is 1.92 bits per heavy atom. The monoisotopic (exact) mass is 399 g/mol. The van der Waals surface area contributed by atoms with Gasteiger partial charge in [0.05, 0.1) is 17.0 Å². The van der Waals surface area contributed by atoms with Gasteiger partial charge in [0.15, 0.2) is 0 Å². The number of halogens is 1. The number of ether oxygens (including phenoxy) is 1. The highest BCUT2D eigenvalue weighted by atomic mass is 35.5. The summed E-state index contributed by atoms with van der Waals surface area (Å²) in [6.07, 6.45) is 0. The van der Waals surface area contributed by atoms with Gasteiger partial charge in [-0.05, 0) is 25.1 Å². The number of rotatable bonds is 8. The molecule has 0 unspecified atom stereocenters. The van der Waals surface area contributed by atoms with E-state index in [1.807, 2.05) is 19.0 Å². The van der Waals surface area contributed by atoms with Crippen LogP contribution >= 0.6 is 11.6 Å². The average molecular weight is 400 g/mol. The van der Waals surface area contributed by atoms with Gasteiger partial charge in [-0.1, -0.05) is 11.6 Å². The molecule has 0 radical (unpaired) electrons. The van der Waals surface area contributed by atoms with Crippen LogP contribution in [0.4, 0.5) is 11.6 Å². The normalized spacial score (nSPS) is 11.3. The summed E-state index contributed by atoms with van der Waals surface area (Å²) < 4.78 is 32.2. The molecule has 8 nitrogen and oxygen atoms in total. The molecule has 0 aliphatic rings. The zero-order valence-corrected chi connectivity index (χ0v) is 16.6. The minimum absolute atomic E-state index is 0.0797. The van der Waals surface area contributed by atoms with Crippen molar-refractivity contribution in [1.82, 2.24) is 14.7 Å². The van der Waals surface area contributed by atoms with Gasteiger partial charge in [-0.25, -0.2) is 23.1 Å². The van der Waals surface area contributed by atoms with Crippen molar-refractivity contribution in [3.8, 4) is 5.75 Å².